The number of hydrogen-bond donors (Lipinski definition) is 1. The smallest absolute Gasteiger partial charge is 0.411 e. The Labute approximate surface area is 150 Å². The summed E-state index contributed by atoms with van der Waals surface area (Å²) in [5.74, 6) is 1.34. The van der Waals surface area contributed by atoms with Gasteiger partial charge >= 0.3 is 5.78 Å². The van der Waals surface area contributed by atoms with Crippen LogP contribution in [0.25, 0.3) is 17.2 Å². The number of aryl methyl sites for hydroxylation is 2. The molecule has 0 aliphatic heterocycles. The Bertz CT molecular complexity index is 1140. The van der Waals surface area contributed by atoms with E-state index in [1.54, 1.807) is 22.7 Å². The molecule has 11 heteroatoms. The fourth-order valence-corrected chi connectivity index (χ4v) is 3.27. The highest BCUT2D eigenvalue weighted by atomic mass is 32.2. The molecule has 0 spiro atoms. The van der Waals surface area contributed by atoms with Crippen molar-refractivity contribution in [3.63, 3.8) is 0 Å². The monoisotopic (exact) mass is 370 g/mol. The van der Waals surface area contributed by atoms with Gasteiger partial charge in [-0.2, -0.15) is 0 Å². The van der Waals surface area contributed by atoms with E-state index in [9.17, 15) is 10.1 Å². The average Bonchev–Trinajstić information content (AvgIpc) is 3.20. The van der Waals surface area contributed by atoms with Crippen molar-refractivity contribution < 1.29 is 13.9 Å². The van der Waals surface area contributed by atoms with Crippen LogP contribution in [-0.4, -0.2) is 30.2 Å². The van der Waals surface area contributed by atoms with E-state index in [1.165, 1.54) is 17.8 Å². The molecule has 3 aromatic heterocycles. The van der Waals surface area contributed by atoms with Gasteiger partial charge in [0.25, 0.3) is 16.8 Å². The number of hydrogen-bond acceptors (Lipinski definition) is 8. The first-order valence-electron chi connectivity index (χ1n) is 7.52. The first-order valence-corrected chi connectivity index (χ1v) is 8.34. The van der Waals surface area contributed by atoms with Crippen molar-refractivity contribution >= 4 is 23.2 Å². The number of nitro benzene ring substituents is 1. The molecule has 4 aromatic rings. The quantitative estimate of drug-likeness (QED) is 0.251. The lowest BCUT2D eigenvalue weighted by atomic mass is 10.2. The summed E-state index contributed by atoms with van der Waals surface area (Å²) in [5.41, 5.74) is 0.976. The molecule has 0 radical (unpaired) electrons. The molecular formula is C15H12N7O3S+. The number of fused-ring (bicyclic) bond motifs is 1. The zero-order valence-corrected chi connectivity index (χ0v) is 14.5. The Balaban J connectivity index is 1.71. The number of benzene rings is 1. The molecule has 10 nitrogen and oxygen atoms in total. The first kappa shape index (κ1) is 16.1. The van der Waals surface area contributed by atoms with E-state index in [0.717, 1.165) is 16.5 Å². The summed E-state index contributed by atoms with van der Waals surface area (Å²) in [6, 6.07) is 8.08. The van der Waals surface area contributed by atoms with E-state index in [4.69, 9.17) is 4.42 Å². The van der Waals surface area contributed by atoms with Crippen molar-refractivity contribution in [2.45, 2.75) is 24.1 Å². The molecule has 1 N–H and O–H groups in total. The highest BCUT2D eigenvalue weighted by Crippen LogP contribution is 2.32. The van der Waals surface area contributed by atoms with Crippen molar-refractivity contribution in [1.29, 1.82) is 0 Å². The molecule has 0 amide bonds. The van der Waals surface area contributed by atoms with Gasteiger partial charge in [-0.05, 0) is 13.0 Å². The fraction of sp³-hybridized carbons (Fsp3) is 0.133. The van der Waals surface area contributed by atoms with Crippen LogP contribution in [0.3, 0.4) is 0 Å². The van der Waals surface area contributed by atoms with Crippen LogP contribution in [-0.2, 0) is 0 Å². The topological polar surface area (TPSA) is 128 Å². The minimum absolute atomic E-state index is 0.0894. The van der Waals surface area contributed by atoms with Gasteiger partial charge in [0.1, 0.15) is 11.3 Å². The number of nitrogens with zero attached hydrogens (tertiary/aromatic N) is 6. The minimum Gasteiger partial charge on any atom is -0.411 e. The predicted octanol–water partition coefficient (Wildman–Crippen LogP) is 2.27. The molecule has 0 unspecified atom stereocenters. The number of nitrogens with one attached hydrogen (secondary N) is 1. The van der Waals surface area contributed by atoms with E-state index < -0.39 is 4.92 Å². The molecule has 0 fully saturated rings. The van der Waals surface area contributed by atoms with Gasteiger partial charge in [-0.1, -0.05) is 22.1 Å². The third-order valence-electron chi connectivity index (χ3n) is 3.50. The molecule has 0 atom stereocenters. The Morgan fingerprint density at radius 2 is 2.04 bits per heavy atom. The Hall–Kier alpha value is -3.34. The van der Waals surface area contributed by atoms with E-state index in [0.29, 0.717) is 5.78 Å². The maximum absolute atomic E-state index is 11.2. The maximum atomic E-state index is 11.2. The third-order valence-corrected chi connectivity index (χ3v) is 4.35. The number of nitro groups is 1. The number of H-pyrrole nitrogens is 1. The van der Waals surface area contributed by atoms with E-state index in [-0.39, 0.29) is 22.4 Å². The number of aromatic nitrogens is 6. The Kier molecular flexibility index (Phi) is 3.84. The van der Waals surface area contributed by atoms with Gasteiger partial charge in [-0.3, -0.25) is 10.1 Å². The Morgan fingerprint density at radius 3 is 2.85 bits per heavy atom. The second-order valence-electron chi connectivity index (χ2n) is 5.43. The lowest BCUT2D eigenvalue weighted by molar-refractivity contribution is -0.620. The van der Waals surface area contributed by atoms with Crippen LogP contribution in [0.4, 0.5) is 5.69 Å². The van der Waals surface area contributed by atoms with Crippen molar-refractivity contribution in [3.05, 3.63) is 52.0 Å². The second-order valence-corrected chi connectivity index (χ2v) is 6.40. The molecule has 3 heterocycles. The molecule has 130 valence electrons. The summed E-state index contributed by atoms with van der Waals surface area (Å²) >= 11 is 1.22. The fourth-order valence-electron chi connectivity index (χ4n) is 2.44. The highest BCUT2D eigenvalue weighted by Gasteiger charge is 2.22. The largest absolute Gasteiger partial charge is 0.458 e. The molecule has 0 bridgehead atoms. The molecule has 0 aliphatic rings. The summed E-state index contributed by atoms with van der Waals surface area (Å²) in [6.07, 6.45) is 0. The van der Waals surface area contributed by atoms with Gasteiger partial charge in [0.15, 0.2) is 5.03 Å². The van der Waals surface area contributed by atoms with Gasteiger partial charge in [0.2, 0.25) is 5.82 Å². The minimum atomic E-state index is -0.481. The summed E-state index contributed by atoms with van der Waals surface area (Å²) in [6.45, 7) is 3.69. The van der Waals surface area contributed by atoms with Gasteiger partial charge in [0.05, 0.1) is 4.92 Å². The standard InChI is InChI=1S/C15H11N7O3S/c1-8-7-12(21-14(16-8)17-9(2)20-21)26-15-19-18-13(25-15)10-5-3-4-6-11(10)22(23)24/h3-7H,1-2H3/p+1. The highest BCUT2D eigenvalue weighted by molar-refractivity contribution is 7.98. The molecule has 0 aliphatic carbocycles. The SMILES string of the molecule is Cc1cc(Sc2nnc(-c3ccccc3[N+](=O)[O-])o2)[n+]2[nH]c(C)nc2n1. The van der Waals surface area contributed by atoms with E-state index in [2.05, 4.69) is 25.3 Å². The molecule has 0 saturated heterocycles. The zero-order chi connectivity index (χ0) is 18.3. The Morgan fingerprint density at radius 1 is 1.23 bits per heavy atom. The van der Waals surface area contributed by atoms with E-state index >= 15 is 0 Å². The van der Waals surface area contributed by atoms with Crippen molar-refractivity contribution in [3.8, 4) is 11.5 Å². The maximum Gasteiger partial charge on any atom is 0.458 e. The van der Waals surface area contributed by atoms with Crippen LogP contribution in [0.15, 0.2) is 45.0 Å². The van der Waals surface area contributed by atoms with Gasteiger partial charge < -0.3 is 4.42 Å². The molecular weight excluding hydrogens is 358 g/mol. The van der Waals surface area contributed by atoms with Crippen LogP contribution < -0.4 is 4.52 Å². The van der Waals surface area contributed by atoms with Crippen molar-refractivity contribution in [1.82, 2.24) is 25.3 Å². The third kappa shape index (κ3) is 2.88. The van der Waals surface area contributed by atoms with Crippen molar-refractivity contribution in [2.75, 3.05) is 0 Å². The molecule has 1 aromatic carbocycles. The van der Waals surface area contributed by atoms with E-state index in [1.807, 2.05) is 19.9 Å². The number of rotatable bonds is 4. The van der Waals surface area contributed by atoms with Crippen LogP contribution >= 0.6 is 11.8 Å². The van der Waals surface area contributed by atoms with Gasteiger partial charge in [-0.25, -0.2) is 5.10 Å². The normalized spacial score (nSPS) is 11.2. The van der Waals surface area contributed by atoms with Crippen molar-refractivity contribution in [2.24, 2.45) is 0 Å². The summed E-state index contributed by atoms with van der Waals surface area (Å²) in [5, 5.41) is 23.2. The molecule has 0 saturated carbocycles. The summed E-state index contributed by atoms with van der Waals surface area (Å²) in [7, 11) is 0. The molecule has 4 rings (SSSR count). The zero-order valence-electron chi connectivity index (χ0n) is 13.7. The lowest BCUT2D eigenvalue weighted by Crippen LogP contribution is -2.27. The number of para-hydroxylation sites is 1. The first-order chi connectivity index (χ1) is 12.5. The summed E-state index contributed by atoms with van der Waals surface area (Å²) < 4.78 is 7.34. The van der Waals surface area contributed by atoms with Gasteiger partial charge in [0, 0.05) is 30.8 Å². The van der Waals surface area contributed by atoms with Crippen LogP contribution in [0, 0.1) is 24.0 Å². The number of aromatic amines is 1. The predicted molar refractivity (Wildman–Crippen MR) is 89.5 cm³/mol. The van der Waals surface area contributed by atoms with Crippen LogP contribution in [0.5, 0.6) is 0 Å². The van der Waals surface area contributed by atoms with Gasteiger partial charge in [-0.15, -0.1) is 14.7 Å². The lowest BCUT2D eigenvalue weighted by Gasteiger charge is -1.97. The molecule has 26 heavy (non-hydrogen) atoms. The summed E-state index contributed by atoms with van der Waals surface area (Å²) in [4.78, 5) is 19.3. The van der Waals surface area contributed by atoms with Crippen LogP contribution in [0.1, 0.15) is 11.5 Å². The second kappa shape index (κ2) is 6.19. The average molecular weight is 370 g/mol. The van der Waals surface area contributed by atoms with Crippen LogP contribution in [0.2, 0.25) is 0 Å².